The van der Waals surface area contributed by atoms with Crippen molar-refractivity contribution in [2.45, 2.75) is 18.1 Å². The van der Waals surface area contributed by atoms with E-state index in [0.717, 1.165) is 16.8 Å². The summed E-state index contributed by atoms with van der Waals surface area (Å²) in [4.78, 5) is 16.9. The number of aliphatic hydroxyl groups excluding tert-OH is 1. The normalized spacial score (nSPS) is 22.1. The predicted molar refractivity (Wildman–Crippen MR) is 112 cm³/mol. The molecule has 1 aromatic heterocycles. The Morgan fingerprint density at radius 2 is 1.86 bits per heavy atom. The van der Waals surface area contributed by atoms with Crippen LogP contribution in [-0.4, -0.2) is 64.3 Å². The third-order valence-corrected chi connectivity index (χ3v) is 6.01. The minimum Gasteiger partial charge on any atom is -0.389 e. The van der Waals surface area contributed by atoms with Crippen molar-refractivity contribution < 1.29 is 9.90 Å². The van der Waals surface area contributed by atoms with E-state index in [1.54, 1.807) is 11.1 Å². The molecule has 29 heavy (non-hydrogen) atoms. The van der Waals surface area contributed by atoms with Gasteiger partial charge in [-0.1, -0.05) is 42.5 Å². The number of carbonyl (C=O) groups excluding carboxylic acids is 1. The number of piperidine rings is 1. The summed E-state index contributed by atoms with van der Waals surface area (Å²) < 4.78 is 0. The van der Waals surface area contributed by atoms with Crippen LogP contribution in [0.2, 0.25) is 0 Å². The van der Waals surface area contributed by atoms with Crippen LogP contribution in [-0.2, 0) is 5.54 Å². The van der Waals surface area contributed by atoms with Crippen molar-refractivity contribution in [2.75, 3.05) is 27.2 Å². The van der Waals surface area contributed by atoms with Crippen LogP contribution in [0.3, 0.4) is 0 Å². The van der Waals surface area contributed by atoms with Crippen molar-refractivity contribution in [1.29, 1.82) is 0 Å². The largest absolute Gasteiger partial charge is 0.389 e. The third kappa shape index (κ3) is 3.45. The highest BCUT2D eigenvalue weighted by Crippen LogP contribution is 2.38. The van der Waals surface area contributed by atoms with Gasteiger partial charge in [0.2, 0.25) is 0 Å². The predicted octanol–water partition coefficient (Wildman–Crippen LogP) is 2.74. The molecule has 0 aliphatic carbocycles. The molecule has 6 nitrogen and oxygen atoms in total. The van der Waals surface area contributed by atoms with E-state index < -0.39 is 11.6 Å². The fourth-order valence-electron chi connectivity index (χ4n) is 4.34. The van der Waals surface area contributed by atoms with E-state index in [0.29, 0.717) is 25.1 Å². The zero-order valence-corrected chi connectivity index (χ0v) is 16.7. The molecule has 0 radical (unpaired) electrons. The van der Waals surface area contributed by atoms with Crippen LogP contribution in [0.1, 0.15) is 22.3 Å². The second-order valence-electron chi connectivity index (χ2n) is 7.75. The van der Waals surface area contributed by atoms with Crippen molar-refractivity contribution in [1.82, 2.24) is 20.0 Å². The quantitative estimate of drug-likeness (QED) is 0.719. The summed E-state index contributed by atoms with van der Waals surface area (Å²) in [6.45, 7) is 0.888. The molecule has 150 valence electrons. The number of amides is 1. The van der Waals surface area contributed by atoms with Gasteiger partial charge in [0, 0.05) is 24.8 Å². The summed E-state index contributed by atoms with van der Waals surface area (Å²) in [7, 11) is 3.98. The molecule has 6 heteroatoms. The number of β-amino-alcohol motifs (C(OH)–C–C–N with tert-alkyl or cyclic N) is 1. The van der Waals surface area contributed by atoms with Crippen molar-refractivity contribution in [3.05, 3.63) is 78.0 Å². The fraction of sp³-hybridized carbons (Fsp3) is 0.304. The molecule has 0 bridgehead atoms. The molecule has 1 aliphatic heterocycles. The zero-order chi connectivity index (χ0) is 20.4. The molecule has 4 rings (SSSR count). The summed E-state index contributed by atoms with van der Waals surface area (Å²) in [6, 6.07) is 19.4. The lowest BCUT2D eigenvalue weighted by Crippen LogP contribution is -2.60. The van der Waals surface area contributed by atoms with Crippen molar-refractivity contribution in [3.63, 3.8) is 0 Å². The van der Waals surface area contributed by atoms with Gasteiger partial charge in [0.05, 0.1) is 17.3 Å². The zero-order valence-electron chi connectivity index (χ0n) is 16.7. The smallest absolute Gasteiger partial charge is 0.253 e. The van der Waals surface area contributed by atoms with Gasteiger partial charge in [-0.05, 0) is 49.8 Å². The molecule has 0 saturated carbocycles. The first-order chi connectivity index (χ1) is 14.0. The van der Waals surface area contributed by atoms with Gasteiger partial charge in [0.1, 0.15) is 0 Å². The van der Waals surface area contributed by atoms with Gasteiger partial charge in [-0.3, -0.25) is 14.8 Å². The Bertz CT molecular complexity index is 954. The summed E-state index contributed by atoms with van der Waals surface area (Å²) >= 11 is 0. The van der Waals surface area contributed by atoms with Crippen LogP contribution in [0.4, 0.5) is 0 Å². The summed E-state index contributed by atoms with van der Waals surface area (Å²) in [5.41, 5.74) is 3.10. The Balaban J connectivity index is 1.52. The second-order valence-corrected chi connectivity index (χ2v) is 7.75. The monoisotopic (exact) mass is 390 g/mol. The standard InChI is InChI=1S/C23H26N4O2/c1-26(2)23(19-6-4-3-5-7-19)13-15-27(16-21(23)28)22(29)18-10-8-17(9-11-18)20-12-14-24-25-20/h3-12,14,21,28H,13,15-16H2,1-2H3,(H,24,25)/t21-,23+/m1/s1. The minimum absolute atomic E-state index is 0.0550. The number of carbonyl (C=O) groups is 1. The average Bonchev–Trinajstić information content (AvgIpc) is 3.29. The lowest BCUT2D eigenvalue weighted by Gasteiger charge is -2.49. The van der Waals surface area contributed by atoms with Crippen LogP contribution in [0.15, 0.2) is 66.9 Å². The molecule has 0 spiro atoms. The number of aromatic amines is 1. The van der Waals surface area contributed by atoms with Crippen LogP contribution in [0.5, 0.6) is 0 Å². The van der Waals surface area contributed by atoms with Gasteiger partial charge in [-0.15, -0.1) is 0 Å². The first-order valence-electron chi connectivity index (χ1n) is 9.82. The van der Waals surface area contributed by atoms with Gasteiger partial charge in [0.15, 0.2) is 0 Å². The summed E-state index contributed by atoms with van der Waals surface area (Å²) in [5, 5.41) is 18.0. The number of hydrogen-bond acceptors (Lipinski definition) is 4. The average molecular weight is 390 g/mol. The van der Waals surface area contributed by atoms with Crippen LogP contribution in [0.25, 0.3) is 11.3 Å². The van der Waals surface area contributed by atoms with E-state index >= 15 is 0 Å². The van der Waals surface area contributed by atoms with Crippen LogP contribution >= 0.6 is 0 Å². The summed E-state index contributed by atoms with van der Waals surface area (Å²) in [5.74, 6) is -0.0550. The van der Waals surface area contributed by atoms with E-state index in [9.17, 15) is 9.90 Å². The van der Waals surface area contributed by atoms with Crippen molar-refractivity contribution in [3.8, 4) is 11.3 Å². The fourth-order valence-corrected chi connectivity index (χ4v) is 4.34. The maximum absolute atomic E-state index is 13.0. The molecular formula is C23H26N4O2. The third-order valence-electron chi connectivity index (χ3n) is 6.01. The van der Waals surface area contributed by atoms with Gasteiger partial charge < -0.3 is 10.0 Å². The van der Waals surface area contributed by atoms with Gasteiger partial charge in [-0.2, -0.15) is 5.10 Å². The van der Waals surface area contributed by atoms with Crippen LogP contribution in [0, 0.1) is 0 Å². The molecule has 2 N–H and O–H groups in total. The number of likely N-dealkylation sites (N-methyl/N-ethyl adjacent to an activating group) is 1. The highest BCUT2D eigenvalue weighted by Gasteiger charge is 2.46. The maximum atomic E-state index is 13.0. The SMILES string of the molecule is CN(C)[C@]1(c2ccccc2)CCN(C(=O)c2ccc(-c3ccn[nH]3)cc2)C[C@H]1O. The van der Waals surface area contributed by atoms with Gasteiger partial charge >= 0.3 is 0 Å². The molecule has 1 aliphatic rings. The lowest BCUT2D eigenvalue weighted by molar-refractivity contribution is -0.0612. The number of likely N-dealkylation sites (tertiary alicyclic amines) is 1. The number of nitrogens with one attached hydrogen (secondary N) is 1. The number of nitrogens with zero attached hydrogens (tertiary/aromatic N) is 3. The number of hydrogen-bond donors (Lipinski definition) is 2. The molecule has 2 aromatic carbocycles. The van der Waals surface area contributed by atoms with E-state index in [1.165, 1.54) is 0 Å². The second kappa shape index (κ2) is 7.81. The summed E-state index contributed by atoms with van der Waals surface area (Å²) in [6.07, 6.45) is 1.69. The first kappa shape index (κ1) is 19.4. The van der Waals surface area contributed by atoms with E-state index in [2.05, 4.69) is 27.2 Å². The van der Waals surface area contributed by atoms with Crippen molar-refractivity contribution in [2.24, 2.45) is 0 Å². The Hall–Kier alpha value is -2.96. The Kier molecular flexibility index (Phi) is 5.22. The maximum Gasteiger partial charge on any atom is 0.253 e. The van der Waals surface area contributed by atoms with Crippen molar-refractivity contribution >= 4 is 5.91 Å². The van der Waals surface area contributed by atoms with Crippen LogP contribution < -0.4 is 0 Å². The lowest BCUT2D eigenvalue weighted by atomic mass is 9.77. The van der Waals surface area contributed by atoms with E-state index in [1.807, 2.05) is 62.6 Å². The number of aliphatic hydroxyl groups is 1. The Morgan fingerprint density at radius 1 is 1.14 bits per heavy atom. The number of benzene rings is 2. The molecule has 2 heterocycles. The molecule has 1 fully saturated rings. The number of aromatic nitrogens is 2. The van der Waals surface area contributed by atoms with E-state index in [4.69, 9.17) is 0 Å². The molecule has 0 unspecified atom stereocenters. The Labute approximate surface area is 170 Å². The highest BCUT2D eigenvalue weighted by molar-refractivity contribution is 5.94. The topological polar surface area (TPSA) is 72.5 Å². The highest BCUT2D eigenvalue weighted by atomic mass is 16.3. The van der Waals surface area contributed by atoms with Gasteiger partial charge in [0.25, 0.3) is 5.91 Å². The Morgan fingerprint density at radius 3 is 2.45 bits per heavy atom. The van der Waals surface area contributed by atoms with Gasteiger partial charge in [-0.25, -0.2) is 0 Å². The first-order valence-corrected chi connectivity index (χ1v) is 9.82. The molecule has 1 amide bonds. The molecular weight excluding hydrogens is 364 g/mol. The number of rotatable bonds is 4. The molecule has 3 aromatic rings. The minimum atomic E-state index is -0.679. The number of H-pyrrole nitrogens is 1. The molecule has 2 atom stereocenters. The molecule has 1 saturated heterocycles. The van der Waals surface area contributed by atoms with E-state index in [-0.39, 0.29) is 5.91 Å².